The normalized spacial score (nSPS) is 17.0. The lowest BCUT2D eigenvalue weighted by Gasteiger charge is -2.32. The van der Waals surface area contributed by atoms with Crippen LogP contribution in [0.1, 0.15) is 24.2 Å². The molecule has 2 aromatic heterocycles. The van der Waals surface area contributed by atoms with Crippen LogP contribution in [0, 0.1) is 6.92 Å². The number of anilines is 1. The first-order chi connectivity index (χ1) is 10.2. The van der Waals surface area contributed by atoms with E-state index in [9.17, 15) is 0 Å². The van der Waals surface area contributed by atoms with Crippen molar-refractivity contribution in [2.75, 3.05) is 18.4 Å². The van der Waals surface area contributed by atoms with E-state index in [0.29, 0.717) is 6.04 Å². The van der Waals surface area contributed by atoms with Crippen molar-refractivity contribution in [3.8, 4) is 0 Å². The Kier molecular flexibility index (Phi) is 4.10. The van der Waals surface area contributed by atoms with Gasteiger partial charge in [0.25, 0.3) is 0 Å². The number of nitrogens with one attached hydrogen (secondary N) is 1. The minimum absolute atomic E-state index is 0.484. The lowest BCUT2D eigenvalue weighted by molar-refractivity contribution is 0.209. The Labute approximate surface area is 124 Å². The first kappa shape index (κ1) is 13.9. The molecule has 0 saturated carbocycles. The smallest absolute Gasteiger partial charge is 0.129 e. The van der Waals surface area contributed by atoms with Gasteiger partial charge in [-0.05, 0) is 19.8 Å². The summed E-state index contributed by atoms with van der Waals surface area (Å²) in [4.78, 5) is 10.8. The molecular weight excluding hydrogens is 266 g/mol. The molecule has 0 atom stereocenters. The van der Waals surface area contributed by atoms with Gasteiger partial charge in [-0.1, -0.05) is 5.21 Å². The van der Waals surface area contributed by atoms with E-state index in [1.54, 1.807) is 11.0 Å². The highest BCUT2D eigenvalue weighted by atomic mass is 15.4. The molecule has 3 heterocycles. The van der Waals surface area contributed by atoms with Gasteiger partial charge < -0.3 is 5.32 Å². The maximum Gasteiger partial charge on any atom is 0.129 e. The summed E-state index contributed by atoms with van der Waals surface area (Å²) in [7, 11) is 1.90. The second kappa shape index (κ2) is 6.17. The van der Waals surface area contributed by atoms with Crippen LogP contribution < -0.4 is 5.32 Å². The average Bonchev–Trinajstić information content (AvgIpc) is 2.86. The minimum Gasteiger partial charge on any atom is -0.367 e. The van der Waals surface area contributed by atoms with Gasteiger partial charge in [-0.3, -0.25) is 9.58 Å². The molecule has 1 saturated heterocycles. The Morgan fingerprint density at radius 1 is 1.29 bits per heavy atom. The van der Waals surface area contributed by atoms with Crippen LogP contribution in [0.5, 0.6) is 0 Å². The topological polar surface area (TPSA) is 71.8 Å². The zero-order chi connectivity index (χ0) is 14.7. The Morgan fingerprint density at radius 2 is 2.10 bits per heavy atom. The summed E-state index contributed by atoms with van der Waals surface area (Å²) in [5.41, 5.74) is 2.03. The van der Waals surface area contributed by atoms with Crippen LogP contribution in [0.2, 0.25) is 0 Å². The second-order valence-corrected chi connectivity index (χ2v) is 5.62. The van der Waals surface area contributed by atoms with E-state index in [1.807, 2.05) is 26.2 Å². The largest absolute Gasteiger partial charge is 0.367 e. The number of aryl methyl sites for hydroxylation is 2. The van der Waals surface area contributed by atoms with Gasteiger partial charge in [0.1, 0.15) is 12.1 Å². The minimum atomic E-state index is 0.484. The summed E-state index contributed by atoms with van der Waals surface area (Å²) in [6.07, 6.45) is 5.82. The van der Waals surface area contributed by atoms with Gasteiger partial charge in [0.05, 0.1) is 5.69 Å². The summed E-state index contributed by atoms with van der Waals surface area (Å²) in [6.45, 7) is 5.00. The van der Waals surface area contributed by atoms with Crippen LogP contribution >= 0.6 is 0 Å². The first-order valence-electron chi connectivity index (χ1n) is 7.32. The van der Waals surface area contributed by atoms with Gasteiger partial charge in [-0.25, -0.2) is 9.97 Å². The zero-order valence-corrected chi connectivity index (χ0v) is 12.5. The molecule has 3 rings (SSSR count). The molecular formula is C14H21N7. The highest BCUT2D eigenvalue weighted by Gasteiger charge is 2.20. The highest BCUT2D eigenvalue weighted by molar-refractivity contribution is 5.35. The van der Waals surface area contributed by atoms with Gasteiger partial charge in [0.15, 0.2) is 0 Å². The fraction of sp³-hybridized carbons (Fsp3) is 0.571. The van der Waals surface area contributed by atoms with Crippen LogP contribution in [0.25, 0.3) is 0 Å². The number of rotatable bonds is 4. The number of aromatic nitrogens is 5. The lowest BCUT2D eigenvalue weighted by Crippen LogP contribution is -2.38. The van der Waals surface area contributed by atoms with Gasteiger partial charge >= 0.3 is 0 Å². The molecule has 0 bridgehead atoms. The monoisotopic (exact) mass is 287 g/mol. The summed E-state index contributed by atoms with van der Waals surface area (Å²) in [5.74, 6) is 0.926. The SMILES string of the molecule is Cc1cc(NC2CCN(Cc3cn(C)nn3)CC2)ncn1. The maximum absolute atomic E-state index is 4.27. The third kappa shape index (κ3) is 3.75. The Balaban J connectivity index is 1.48. The summed E-state index contributed by atoms with van der Waals surface area (Å²) >= 11 is 0. The van der Waals surface area contributed by atoms with Crippen molar-refractivity contribution in [2.24, 2.45) is 7.05 Å². The van der Waals surface area contributed by atoms with Crippen LogP contribution in [0.15, 0.2) is 18.6 Å². The van der Waals surface area contributed by atoms with Gasteiger partial charge in [-0.2, -0.15) is 0 Å². The summed E-state index contributed by atoms with van der Waals surface area (Å²) < 4.78 is 1.75. The Bertz CT molecular complexity index is 587. The van der Waals surface area contributed by atoms with E-state index >= 15 is 0 Å². The molecule has 0 unspecified atom stereocenters. The van der Waals surface area contributed by atoms with E-state index in [4.69, 9.17) is 0 Å². The van der Waals surface area contributed by atoms with Crippen LogP contribution in [0.4, 0.5) is 5.82 Å². The molecule has 112 valence electrons. The molecule has 0 spiro atoms. The average molecular weight is 287 g/mol. The molecule has 0 aromatic carbocycles. The summed E-state index contributed by atoms with van der Waals surface area (Å²) in [5, 5.41) is 11.6. The number of hydrogen-bond acceptors (Lipinski definition) is 6. The van der Waals surface area contributed by atoms with Crippen LogP contribution in [0.3, 0.4) is 0 Å². The molecule has 1 aliphatic rings. The Morgan fingerprint density at radius 3 is 2.76 bits per heavy atom. The molecule has 7 heteroatoms. The lowest BCUT2D eigenvalue weighted by atomic mass is 10.0. The molecule has 0 aliphatic carbocycles. The number of likely N-dealkylation sites (tertiary alicyclic amines) is 1. The van der Waals surface area contributed by atoms with Gasteiger partial charge in [-0.15, -0.1) is 5.10 Å². The maximum atomic E-state index is 4.27. The zero-order valence-electron chi connectivity index (χ0n) is 12.5. The van der Waals surface area contributed by atoms with Crippen molar-refractivity contribution in [3.63, 3.8) is 0 Å². The molecule has 0 radical (unpaired) electrons. The van der Waals surface area contributed by atoms with Crippen LogP contribution in [-0.4, -0.2) is 49.0 Å². The van der Waals surface area contributed by atoms with Crippen molar-refractivity contribution in [2.45, 2.75) is 32.4 Å². The van der Waals surface area contributed by atoms with Crippen molar-refractivity contribution < 1.29 is 0 Å². The second-order valence-electron chi connectivity index (χ2n) is 5.62. The first-order valence-corrected chi connectivity index (χ1v) is 7.32. The van der Waals surface area contributed by atoms with E-state index in [-0.39, 0.29) is 0 Å². The quantitative estimate of drug-likeness (QED) is 0.904. The van der Waals surface area contributed by atoms with Gasteiger partial charge in [0, 0.05) is 50.7 Å². The van der Waals surface area contributed by atoms with Crippen molar-refractivity contribution in [1.82, 2.24) is 29.9 Å². The predicted molar refractivity (Wildman–Crippen MR) is 79.7 cm³/mol. The highest BCUT2D eigenvalue weighted by Crippen LogP contribution is 2.16. The van der Waals surface area contributed by atoms with E-state index in [0.717, 1.165) is 49.7 Å². The summed E-state index contributed by atoms with van der Waals surface area (Å²) in [6, 6.07) is 2.48. The fourth-order valence-electron chi connectivity index (χ4n) is 2.67. The van der Waals surface area contributed by atoms with Crippen molar-refractivity contribution >= 4 is 5.82 Å². The van der Waals surface area contributed by atoms with Crippen LogP contribution in [-0.2, 0) is 13.6 Å². The molecule has 1 aliphatic heterocycles. The van der Waals surface area contributed by atoms with E-state index in [2.05, 4.69) is 30.5 Å². The standard InChI is InChI=1S/C14H21N7/c1-11-7-14(16-10-15-11)17-12-3-5-21(6-4-12)9-13-8-20(2)19-18-13/h7-8,10,12H,3-6,9H2,1-2H3,(H,15,16,17). The molecule has 2 aromatic rings. The third-order valence-corrected chi connectivity index (χ3v) is 3.78. The number of nitrogens with zero attached hydrogens (tertiary/aromatic N) is 6. The van der Waals surface area contributed by atoms with Crippen molar-refractivity contribution in [3.05, 3.63) is 30.0 Å². The molecule has 1 N–H and O–H groups in total. The molecule has 7 nitrogen and oxygen atoms in total. The predicted octanol–water partition coefficient (Wildman–Crippen LogP) is 0.990. The molecule has 21 heavy (non-hydrogen) atoms. The number of hydrogen-bond donors (Lipinski definition) is 1. The van der Waals surface area contributed by atoms with E-state index < -0.39 is 0 Å². The van der Waals surface area contributed by atoms with E-state index in [1.165, 1.54) is 0 Å². The fourth-order valence-corrected chi connectivity index (χ4v) is 2.67. The van der Waals surface area contributed by atoms with Gasteiger partial charge in [0.2, 0.25) is 0 Å². The molecule has 0 amide bonds. The van der Waals surface area contributed by atoms with Crippen molar-refractivity contribution in [1.29, 1.82) is 0 Å². The third-order valence-electron chi connectivity index (χ3n) is 3.78. The number of piperidine rings is 1. The Hall–Kier alpha value is -2.02. The molecule has 1 fully saturated rings.